The van der Waals surface area contributed by atoms with E-state index in [2.05, 4.69) is 37.8 Å². The second-order valence-corrected chi connectivity index (χ2v) is 10.6. The van der Waals surface area contributed by atoms with Crippen molar-refractivity contribution in [3.63, 3.8) is 0 Å². The first-order valence-corrected chi connectivity index (χ1v) is 12.9. The fraction of sp³-hybridized carbons (Fsp3) is 0.448. The smallest absolute Gasteiger partial charge is 0.254 e. The van der Waals surface area contributed by atoms with Gasteiger partial charge in [-0.3, -0.25) is 15.4 Å². The highest BCUT2D eigenvalue weighted by molar-refractivity contribution is 5.98. The van der Waals surface area contributed by atoms with Crippen molar-refractivity contribution in [1.82, 2.24) is 14.7 Å². The Kier molecular flexibility index (Phi) is 7.81. The van der Waals surface area contributed by atoms with Gasteiger partial charge in [-0.05, 0) is 79.3 Å². The Bertz CT molecular complexity index is 1160. The highest BCUT2D eigenvalue weighted by Gasteiger charge is 2.28. The molecule has 4 rings (SSSR count). The van der Waals surface area contributed by atoms with Crippen molar-refractivity contribution in [2.24, 2.45) is 11.8 Å². The minimum Gasteiger partial charge on any atom is -0.336 e. The lowest BCUT2D eigenvalue weighted by Gasteiger charge is -2.32. The van der Waals surface area contributed by atoms with Gasteiger partial charge in [-0.15, -0.1) is 0 Å². The molecule has 2 aliphatic rings. The topological polar surface area (TPSA) is 81.9 Å². The van der Waals surface area contributed by atoms with Gasteiger partial charge < -0.3 is 20.1 Å². The number of nitrogens with zero attached hydrogens (tertiary/aromatic N) is 3. The number of piperazine rings is 1. The van der Waals surface area contributed by atoms with E-state index in [1.807, 2.05) is 47.1 Å². The van der Waals surface area contributed by atoms with Crippen LogP contribution in [0.25, 0.3) is 5.57 Å². The van der Waals surface area contributed by atoms with E-state index in [1.54, 1.807) is 0 Å². The zero-order valence-electron chi connectivity index (χ0n) is 22.1. The van der Waals surface area contributed by atoms with E-state index in [4.69, 9.17) is 5.84 Å². The highest BCUT2D eigenvalue weighted by Crippen LogP contribution is 2.32. The second kappa shape index (κ2) is 10.8. The van der Waals surface area contributed by atoms with Crippen molar-refractivity contribution in [2.75, 3.05) is 38.7 Å². The summed E-state index contributed by atoms with van der Waals surface area (Å²) in [5.74, 6) is 6.42. The molecule has 1 saturated heterocycles. The zero-order chi connectivity index (χ0) is 26.0. The molecule has 0 radical (unpaired) electrons. The SMILES string of the molecule is C=C(CCC(C)C)c1cc(C(=O)N2Cc3ccc(C(=O)N4CCN(C)CC4)cc3C2)c(C)cc1NN. The van der Waals surface area contributed by atoms with Crippen LogP contribution in [0, 0.1) is 12.8 Å². The van der Waals surface area contributed by atoms with Gasteiger partial charge in [0.25, 0.3) is 11.8 Å². The molecule has 7 nitrogen and oxygen atoms in total. The fourth-order valence-corrected chi connectivity index (χ4v) is 4.98. The van der Waals surface area contributed by atoms with Gasteiger partial charge in [0, 0.05) is 56.0 Å². The summed E-state index contributed by atoms with van der Waals surface area (Å²) in [5.41, 5.74) is 9.80. The normalized spacial score (nSPS) is 15.8. The Morgan fingerprint density at radius 2 is 1.67 bits per heavy atom. The number of likely N-dealkylation sites (N-methyl/N-ethyl adjacent to an activating group) is 1. The third-order valence-corrected chi connectivity index (χ3v) is 7.41. The quantitative estimate of drug-likeness (QED) is 0.448. The molecule has 0 unspecified atom stereocenters. The molecular weight excluding hydrogens is 450 g/mol. The molecule has 2 amide bonds. The Morgan fingerprint density at radius 3 is 2.33 bits per heavy atom. The summed E-state index contributed by atoms with van der Waals surface area (Å²) in [7, 11) is 2.08. The number of allylic oxidation sites excluding steroid dienone is 1. The summed E-state index contributed by atoms with van der Waals surface area (Å²) < 4.78 is 0. The average molecular weight is 490 g/mol. The molecule has 2 aliphatic heterocycles. The molecular formula is C29H39N5O2. The molecule has 36 heavy (non-hydrogen) atoms. The number of anilines is 1. The fourth-order valence-electron chi connectivity index (χ4n) is 4.98. The molecule has 0 aliphatic carbocycles. The van der Waals surface area contributed by atoms with Crippen LogP contribution in [-0.2, 0) is 13.1 Å². The first-order valence-electron chi connectivity index (χ1n) is 12.9. The van der Waals surface area contributed by atoms with Crippen molar-refractivity contribution in [3.8, 4) is 0 Å². The highest BCUT2D eigenvalue weighted by atomic mass is 16.2. The maximum absolute atomic E-state index is 13.6. The van der Waals surface area contributed by atoms with E-state index in [-0.39, 0.29) is 11.8 Å². The zero-order valence-corrected chi connectivity index (χ0v) is 22.1. The number of aryl methyl sites for hydroxylation is 1. The van der Waals surface area contributed by atoms with Gasteiger partial charge in [0.05, 0.1) is 5.69 Å². The molecule has 2 aromatic rings. The number of hydrazine groups is 1. The van der Waals surface area contributed by atoms with Gasteiger partial charge in [-0.25, -0.2) is 0 Å². The third-order valence-electron chi connectivity index (χ3n) is 7.41. The van der Waals surface area contributed by atoms with Crippen molar-refractivity contribution >= 4 is 23.1 Å². The number of hydrogen-bond donors (Lipinski definition) is 2. The van der Waals surface area contributed by atoms with E-state index < -0.39 is 0 Å². The number of nitrogens with two attached hydrogens (primary N) is 1. The van der Waals surface area contributed by atoms with Crippen LogP contribution in [0.3, 0.4) is 0 Å². The Labute approximate surface area is 214 Å². The van der Waals surface area contributed by atoms with Crippen LogP contribution in [-0.4, -0.2) is 59.7 Å². The van der Waals surface area contributed by atoms with Crippen molar-refractivity contribution in [2.45, 2.75) is 46.7 Å². The summed E-state index contributed by atoms with van der Waals surface area (Å²) in [4.78, 5) is 32.7. The molecule has 0 atom stereocenters. The third kappa shape index (κ3) is 5.47. The lowest BCUT2D eigenvalue weighted by Crippen LogP contribution is -2.47. The molecule has 0 bridgehead atoms. The van der Waals surface area contributed by atoms with Gasteiger partial charge in [0.2, 0.25) is 0 Å². The Balaban J connectivity index is 1.52. The predicted molar refractivity (Wildman–Crippen MR) is 146 cm³/mol. The van der Waals surface area contributed by atoms with Gasteiger partial charge in [-0.2, -0.15) is 0 Å². The number of carbonyl (C=O) groups excluding carboxylic acids is 2. The number of fused-ring (bicyclic) bond motifs is 1. The number of benzene rings is 2. The standard InChI is InChI=1S/C29H39N5O2/c1-19(2)6-7-20(3)25-16-26(21(4)14-27(25)31-30)29(36)34-17-23-9-8-22(15-24(23)18-34)28(35)33-12-10-32(5)11-13-33/h8-9,14-16,19,31H,3,6-7,10-13,17-18,30H2,1-2,4-5H3. The summed E-state index contributed by atoms with van der Waals surface area (Å²) in [6.45, 7) is 14.9. The van der Waals surface area contributed by atoms with Crippen LogP contribution in [0.5, 0.6) is 0 Å². The maximum atomic E-state index is 13.6. The molecule has 0 aromatic heterocycles. The van der Waals surface area contributed by atoms with Crippen LogP contribution in [0.1, 0.15) is 69.7 Å². The maximum Gasteiger partial charge on any atom is 0.254 e. The minimum atomic E-state index is -0.0166. The van der Waals surface area contributed by atoms with Crippen molar-refractivity contribution in [1.29, 1.82) is 0 Å². The van der Waals surface area contributed by atoms with E-state index in [9.17, 15) is 9.59 Å². The van der Waals surface area contributed by atoms with Crippen LogP contribution in [0.4, 0.5) is 5.69 Å². The lowest BCUT2D eigenvalue weighted by atomic mass is 9.93. The van der Waals surface area contributed by atoms with Gasteiger partial charge in [0.15, 0.2) is 0 Å². The summed E-state index contributed by atoms with van der Waals surface area (Å²) in [5, 5.41) is 0. The molecule has 192 valence electrons. The van der Waals surface area contributed by atoms with E-state index >= 15 is 0 Å². The first kappa shape index (κ1) is 25.9. The monoisotopic (exact) mass is 489 g/mol. The number of rotatable bonds is 7. The number of nitrogens with one attached hydrogen (secondary N) is 1. The Morgan fingerprint density at radius 1 is 0.972 bits per heavy atom. The van der Waals surface area contributed by atoms with E-state index in [1.165, 1.54) is 0 Å². The summed E-state index contributed by atoms with van der Waals surface area (Å²) in [6.07, 6.45) is 1.87. The summed E-state index contributed by atoms with van der Waals surface area (Å²) in [6, 6.07) is 9.73. The van der Waals surface area contributed by atoms with Crippen LogP contribution in [0.2, 0.25) is 0 Å². The lowest BCUT2D eigenvalue weighted by molar-refractivity contribution is 0.0663. The number of carbonyl (C=O) groups is 2. The Hall–Kier alpha value is -3.16. The first-order chi connectivity index (χ1) is 17.2. The molecule has 7 heteroatoms. The second-order valence-electron chi connectivity index (χ2n) is 10.6. The molecule has 1 fully saturated rings. The van der Waals surface area contributed by atoms with Crippen molar-refractivity contribution in [3.05, 3.63) is 70.3 Å². The molecule has 2 aromatic carbocycles. The van der Waals surface area contributed by atoms with E-state index in [0.29, 0.717) is 30.1 Å². The van der Waals surface area contributed by atoms with Crippen LogP contribution < -0.4 is 11.3 Å². The minimum absolute atomic E-state index is 0.0166. The summed E-state index contributed by atoms with van der Waals surface area (Å²) >= 11 is 0. The van der Waals surface area contributed by atoms with Gasteiger partial charge >= 0.3 is 0 Å². The number of amides is 2. The average Bonchev–Trinajstić information content (AvgIpc) is 3.30. The van der Waals surface area contributed by atoms with E-state index in [0.717, 1.165) is 72.5 Å². The van der Waals surface area contributed by atoms with Crippen molar-refractivity contribution < 1.29 is 9.59 Å². The molecule has 3 N–H and O–H groups in total. The van der Waals surface area contributed by atoms with Crippen LogP contribution >= 0.6 is 0 Å². The molecule has 2 heterocycles. The van der Waals surface area contributed by atoms with Gasteiger partial charge in [-0.1, -0.05) is 26.5 Å². The van der Waals surface area contributed by atoms with Crippen LogP contribution in [0.15, 0.2) is 36.9 Å². The largest absolute Gasteiger partial charge is 0.336 e. The predicted octanol–water partition coefficient (Wildman–Crippen LogP) is 4.27. The van der Waals surface area contributed by atoms with Gasteiger partial charge in [0.1, 0.15) is 0 Å². The number of nitrogen functional groups attached to an aromatic ring is 1. The molecule has 0 saturated carbocycles. The number of hydrogen-bond acceptors (Lipinski definition) is 5. The molecule has 0 spiro atoms.